The van der Waals surface area contributed by atoms with Gasteiger partial charge in [-0.2, -0.15) is 0 Å². The number of aromatic nitrogens is 1. The topological polar surface area (TPSA) is 68.3 Å². The lowest BCUT2D eigenvalue weighted by atomic mass is 10.3. The number of hydrogen-bond acceptors (Lipinski definition) is 4. The maximum Gasteiger partial charge on any atom is 0.244 e. The second-order valence-corrected chi connectivity index (χ2v) is 7.89. The first kappa shape index (κ1) is 16.2. The summed E-state index contributed by atoms with van der Waals surface area (Å²) in [5, 5.41) is 2.00. The Morgan fingerprint density at radius 3 is 2.71 bits per heavy atom. The molecule has 5 nitrogen and oxygen atoms in total. The minimum atomic E-state index is -3.45. The lowest BCUT2D eigenvalue weighted by Crippen LogP contribution is -2.28. The van der Waals surface area contributed by atoms with Crippen molar-refractivity contribution in [2.24, 2.45) is 5.73 Å². The third kappa shape index (κ3) is 3.55. The van der Waals surface area contributed by atoms with Crippen LogP contribution in [0.25, 0.3) is 0 Å². The smallest absolute Gasteiger partial charge is 0.244 e. The van der Waals surface area contributed by atoms with Gasteiger partial charge in [0.2, 0.25) is 10.0 Å². The van der Waals surface area contributed by atoms with Crippen LogP contribution in [0.15, 0.2) is 34.7 Å². The Kier molecular flexibility index (Phi) is 5.21. The predicted molar refractivity (Wildman–Crippen MR) is 85.8 cm³/mol. The third-order valence-corrected chi connectivity index (χ3v) is 6.23. The van der Waals surface area contributed by atoms with Crippen LogP contribution in [0.5, 0.6) is 0 Å². The molecule has 2 N–H and O–H groups in total. The third-order valence-electron chi connectivity index (χ3n) is 3.47. The van der Waals surface area contributed by atoms with Crippen molar-refractivity contribution in [3.8, 4) is 0 Å². The number of likely N-dealkylation sites (N-methyl/N-ethyl adjacent to an activating group) is 1. The Balaban J connectivity index is 2.14. The molecule has 0 amide bonds. The minimum absolute atomic E-state index is 0.318. The van der Waals surface area contributed by atoms with Crippen molar-refractivity contribution in [3.05, 3.63) is 40.3 Å². The van der Waals surface area contributed by atoms with Crippen LogP contribution >= 0.6 is 11.3 Å². The number of thiophene rings is 1. The van der Waals surface area contributed by atoms with Crippen LogP contribution in [-0.2, 0) is 29.5 Å². The SMILES string of the molecule is CCn1cc(S(=O)(=O)N(C)CCc2cccs2)cc1CN. The van der Waals surface area contributed by atoms with Crippen molar-refractivity contribution in [2.45, 2.75) is 31.3 Å². The molecule has 2 heterocycles. The van der Waals surface area contributed by atoms with Crippen molar-refractivity contribution >= 4 is 21.4 Å². The Bertz CT molecular complexity index is 654. The molecule has 2 aromatic heterocycles. The van der Waals surface area contributed by atoms with Gasteiger partial charge in [-0.1, -0.05) is 6.07 Å². The van der Waals surface area contributed by atoms with Gasteiger partial charge in [-0.15, -0.1) is 11.3 Å². The Morgan fingerprint density at radius 2 is 2.19 bits per heavy atom. The average molecular weight is 327 g/mol. The number of nitrogens with two attached hydrogens (primary N) is 1. The summed E-state index contributed by atoms with van der Waals surface area (Å²) in [6, 6.07) is 5.66. The van der Waals surface area contributed by atoms with Crippen molar-refractivity contribution in [1.82, 2.24) is 8.87 Å². The van der Waals surface area contributed by atoms with Gasteiger partial charge in [0.15, 0.2) is 0 Å². The molecule has 0 aliphatic carbocycles. The molecule has 0 saturated carbocycles. The second-order valence-electron chi connectivity index (χ2n) is 4.81. The van der Waals surface area contributed by atoms with Gasteiger partial charge >= 0.3 is 0 Å². The molecule has 0 radical (unpaired) electrons. The highest BCUT2D eigenvalue weighted by Gasteiger charge is 2.23. The standard InChI is InChI=1S/C14H21N3O2S2/c1-3-17-11-14(9-12(17)10-15)21(18,19)16(2)7-6-13-5-4-8-20-13/h4-5,8-9,11H,3,6-7,10,15H2,1-2H3. The first-order chi connectivity index (χ1) is 9.98. The molecular weight excluding hydrogens is 306 g/mol. The summed E-state index contributed by atoms with van der Waals surface area (Å²) >= 11 is 1.64. The zero-order valence-electron chi connectivity index (χ0n) is 12.3. The van der Waals surface area contributed by atoms with Crippen molar-refractivity contribution in [3.63, 3.8) is 0 Å². The fourth-order valence-electron chi connectivity index (χ4n) is 2.16. The van der Waals surface area contributed by atoms with Gasteiger partial charge in [-0.25, -0.2) is 12.7 Å². The molecule has 7 heteroatoms. The van der Waals surface area contributed by atoms with Crippen molar-refractivity contribution in [2.75, 3.05) is 13.6 Å². The molecule has 2 rings (SSSR count). The molecular formula is C14H21N3O2S2. The van der Waals surface area contributed by atoms with Crippen LogP contribution in [-0.4, -0.2) is 30.9 Å². The molecule has 0 aliphatic heterocycles. The largest absolute Gasteiger partial charge is 0.349 e. The van der Waals surface area contributed by atoms with E-state index in [1.54, 1.807) is 30.6 Å². The van der Waals surface area contributed by atoms with E-state index < -0.39 is 10.0 Å². The van der Waals surface area contributed by atoms with Gasteiger partial charge in [0, 0.05) is 43.4 Å². The van der Waals surface area contributed by atoms with Crippen LogP contribution in [0.3, 0.4) is 0 Å². The van der Waals surface area contributed by atoms with Crippen LogP contribution in [0.4, 0.5) is 0 Å². The zero-order chi connectivity index (χ0) is 15.5. The molecule has 0 aromatic carbocycles. The van der Waals surface area contributed by atoms with Gasteiger partial charge < -0.3 is 10.3 Å². The van der Waals surface area contributed by atoms with E-state index in [0.29, 0.717) is 24.5 Å². The molecule has 0 unspecified atom stereocenters. The van der Waals surface area contributed by atoms with Gasteiger partial charge in [-0.3, -0.25) is 0 Å². The van der Waals surface area contributed by atoms with Crippen LogP contribution in [0.2, 0.25) is 0 Å². The number of sulfonamides is 1. The first-order valence-corrected chi connectivity index (χ1v) is 9.18. The van der Waals surface area contributed by atoms with E-state index in [0.717, 1.165) is 12.1 Å². The lowest BCUT2D eigenvalue weighted by molar-refractivity contribution is 0.473. The molecule has 116 valence electrons. The van der Waals surface area contributed by atoms with Crippen LogP contribution in [0.1, 0.15) is 17.5 Å². The Morgan fingerprint density at radius 1 is 1.43 bits per heavy atom. The lowest BCUT2D eigenvalue weighted by Gasteiger charge is -2.15. The normalized spacial score (nSPS) is 12.2. The summed E-state index contributed by atoms with van der Waals surface area (Å²) in [7, 11) is -1.83. The van der Waals surface area contributed by atoms with Gasteiger partial charge in [0.05, 0.1) is 0 Å². The summed E-state index contributed by atoms with van der Waals surface area (Å²) in [4.78, 5) is 1.50. The summed E-state index contributed by atoms with van der Waals surface area (Å²) < 4.78 is 28.4. The highest BCUT2D eigenvalue weighted by Crippen LogP contribution is 2.19. The van der Waals surface area contributed by atoms with E-state index in [-0.39, 0.29) is 0 Å². The van der Waals surface area contributed by atoms with Gasteiger partial charge in [0.1, 0.15) is 4.90 Å². The summed E-state index contributed by atoms with van der Waals surface area (Å²) in [5.41, 5.74) is 6.49. The quantitative estimate of drug-likeness (QED) is 0.844. The Hall–Kier alpha value is -1.15. The highest BCUT2D eigenvalue weighted by atomic mass is 32.2. The number of rotatable bonds is 7. The number of hydrogen-bond donors (Lipinski definition) is 1. The first-order valence-electron chi connectivity index (χ1n) is 6.87. The molecule has 2 aromatic rings. The van der Waals surface area contributed by atoms with Crippen molar-refractivity contribution in [1.29, 1.82) is 0 Å². The molecule has 0 saturated heterocycles. The van der Waals surface area contributed by atoms with E-state index in [2.05, 4.69) is 0 Å². The number of nitrogens with zero attached hydrogens (tertiary/aromatic N) is 2. The van der Waals surface area contributed by atoms with Crippen LogP contribution < -0.4 is 5.73 Å². The van der Waals surface area contributed by atoms with E-state index in [1.807, 2.05) is 29.0 Å². The Labute approximate surface area is 130 Å². The molecule has 0 aliphatic rings. The fraction of sp³-hybridized carbons (Fsp3) is 0.429. The molecule has 0 atom stereocenters. The van der Waals surface area contributed by atoms with E-state index in [4.69, 9.17) is 5.73 Å². The minimum Gasteiger partial charge on any atom is -0.349 e. The molecule has 0 fully saturated rings. The molecule has 0 spiro atoms. The maximum atomic E-state index is 12.6. The fourth-order valence-corrected chi connectivity index (χ4v) is 4.09. The van der Waals surface area contributed by atoms with E-state index >= 15 is 0 Å². The van der Waals surface area contributed by atoms with E-state index in [9.17, 15) is 8.42 Å². The number of aryl methyl sites for hydroxylation is 1. The van der Waals surface area contributed by atoms with Crippen molar-refractivity contribution < 1.29 is 8.42 Å². The van der Waals surface area contributed by atoms with E-state index in [1.165, 1.54) is 9.18 Å². The molecule has 21 heavy (non-hydrogen) atoms. The monoisotopic (exact) mass is 327 g/mol. The second kappa shape index (κ2) is 6.74. The summed E-state index contributed by atoms with van der Waals surface area (Å²) in [6.45, 7) is 3.48. The van der Waals surface area contributed by atoms with Gasteiger partial charge in [-0.05, 0) is 30.9 Å². The highest BCUT2D eigenvalue weighted by molar-refractivity contribution is 7.89. The van der Waals surface area contributed by atoms with Crippen LogP contribution in [0, 0.1) is 0 Å². The average Bonchev–Trinajstić information content (AvgIpc) is 3.13. The molecule has 0 bridgehead atoms. The van der Waals surface area contributed by atoms with Gasteiger partial charge in [0.25, 0.3) is 0 Å². The zero-order valence-corrected chi connectivity index (χ0v) is 14.0. The summed E-state index contributed by atoms with van der Waals surface area (Å²) in [5.74, 6) is 0. The predicted octanol–water partition coefficient (Wildman–Crippen LogP) is 1.89. The summed E-state index contributed by atoms with van der Waals surface area (Å²) in [6.07, 6.45) is 2.39. The maximum absolute atomic E-state index is 12.6.